The average Bonchev–Trinajstić information content (AvgIpc) is 2.24. The largest absolute Gasteiger partial charge is 2.00 e. The second-order valence-electron chi connectivity index (χ2n) is 3.44. The Morgan fingerprint density at radius 2 is 1.40 bits per heavy atom. The fourth-order valence-electron chi connectivity index (χ4n) is 0.960. The molecule has 0 heterocycles. The van der Waals surface area contributed by atoms with Crippen LogP contribution in [0.25, 0.3) is 0 Å². The Hall–Kier alpha value is -0.784. The number of hydrogen-bond donors (Lipinski definition) is 0. The molecule has 4 nitrogen and oxygen atoms in total. The molecular formula is C8H5F7MgO4. The monoisotopic (exact) mass is 322 g/mol. The number of carbonyl (C=O) groups excluding carboxylic acids is 2. The molecule has 0 saturated carbocycles. The van der Waals surface area contributed by atoms with Gasteiger partial charge in [-0.25, -0.2) is 4.39 Å². The number of carboxylic acid groups (broad SMARTS) is 2. The summed E-state index contributed by atoms with van der Waals surface area (Å²) in [4.78, 5) is 19.5. The van der Waals surface area contributed by atoms with Crippen molar-refractivity contribution < 1.29 is 50.5 Å². The molecule has 112 valence electrons. The average molecular weight is 322 g/mol. The number of halogens is 7. The van der Waals surface area contributed by atoms with Crippen LogP contribution in [0.1, 0.15) is 12.8 Å². The van der Waals surface area contributed by atoms with Gasteiger partial charge in [-0.3, -0.25) is 0 Å². The number of aliphatic carboxylic acids is 2. The summed E-state index contributed by atoms with van der Waals surface area (Å²) in [6, 6.07) is 0. The van der Waals surface area contributed by atoms with E-state index in [4.69, 9.17) is 0 Å². The minimum Gasteiger partial charge on any atom is -0.550 e. The van der Waals surface area contributed by atoms with E-state index in [1.54, 1.807) is 0 Å². The van der Waals surface area contributed by atoms with E-state index >= 15 is 0 Å². The van der Waals surface area contributed by atoms with E-state index in [0.717, 1.165) is 0 Å². The van der Waals surface area contributed by atoms with E-state index in [1.165, 1.54) is 0 Å². The molecule has 0 aliphatic rings. The van der Waals surface area contributed by atoms with Crippen LogP contribution in [-0.4, -0.2) is 58.9 Å². The van der Waals surface area contributed by atoms with Gasteiger partial charge >= 0.3 is 40.8 Å². The van der Waals surface area contributed by atoms with Crippen molar-refractivity contribution in [1.82, 2.24) is 0 Å². The van der Waals surface area contributed by atoms with Crippen LogP contribution in [0.3, 0.4) is 0 Å². The Balaban J connectivity index is 0. The zero-order chi connectivity index (χ0) is 15.6. The third-order valence-corrected chi connectivity index (χ3v) is 2.06. The van der Waals surface area contributed by atoms with Crippen LogP contribution in [0.4, 0.5) is 30.7 Å². The van der Waals surface area contributed by atoms with Crippen molar-refractivity contribution in [3.8, 4) is 0 Å². The van der Waals surface area contributed by atoms with E-state index < -0.39 is 48.7 Å². The van der Waals surface area contributed by atoms with Crippen LogP contribution in [0, 0.1) is 0 Å². The number of rotatable bonds is 7. The normalized spacial score (nSPS) is 14.3. The van der Waals surface area contributed by atoms with Gasteiger partial charge in [-0.05, 0) is 12.8 Å². The minimum atomic E-state index is -6.59. The summed E-state index contributed by atoms with van der Waals surface area (Å²) in [5, 5.41) is 19.5. The first-order valence-electron chi connectivity index (χ1n) is 4.47. The molecule has 1 atom stereocenters. The van der Waals surface area contributed by atoms with Crippen LogP contribution in [-0.2, 0) is 9.59 Å². The van der Waals surface area contributed by atoms with Crippen molar-refractivity contribution >= 4 is 35.0 Å². The van der Waals surface area contributed by atoms with Crippen LogP contribution in [0.15, 0.2) is 0 Å². The minimum absolute atomic E-state index is 0. The van der Waals surface area contributed by atoms with Crippen molar-refractivity contribution in [2.75, 3.05) is 0 Å². The molecule has 0 aliphatic carbocycles. The van der Waals surface area contributed by atoms with Crippen LogP contribution >= 0.6 is 0 Å². The Kier molecular flexibility index (Phi) is 7.29. The van der Waals surface area contributed by atoms with E-state index in [1.807, 2.05) is 0 Å². The van der Waals surface area contributed by atoms with Gasteiger partial charge in [0.25, 0.3) is 0 Å². The summed E-state index contributed by atoms with van der Waals surface area (Å²) in [6.45, 7) is 0. The van der Waals surface area contributed by atoms with Crippen molar-refractivity contribution in [3.63, 3.8) is 0 Å². The van der Waals surface area contributed by atoms with Crippen molar-refractivity contribution in [3.05, 3.63) is 0 Å². The molecule has 0 fully saturated rings. The second kappa shape index (κ2) is 6.78. The molecule has 0 saturated heterocycles. The summed E-state index contributed by atoms with van der Waals surface area (Å²) in [5.41, 5.74) is 0. The first-order chi connectivity index (χ1) is 8.28. The Labute approximate surface area is 123 Å². The fourth-order valence-corrected chi connectivity index (χ4v) is 0.960. The Morgan fingerprint density at radius 3 is 1.70 bits per heavy atom. The predicted molar refractivity (Wildman–Crippen MR) is 44.7 cm³/mol. The maximum absolute atomic E-state index is 12.8. The summed E-state index contributed by atoms with van der Waals surface area (Å²) < 4.78 is 88.5. The first kappa shape index (κ1) is 21.5. The molecular weight excluding hydrogens is 317 g/mol. The third-order valence-electron chi connectivity index (χ3n) is 2.06. The van der Waals surface area contributed by atoms with Gasteiger partial charge in [0.15, 0.2) is 6.17 Å². The topological polar surface area (TPSA) is 80.3 Å². The van der Waals surface area contributed by atoms with Crippen LogP contribution < -0.4 is 10.2 Å². The summed E-state index contributed by atoms with van der Waals surface area (Å²) in [6.07, 6.45) is -7.21. The molecule has 0 bridgehead atoms. The quantitative estimate of drug-likeness (QED) is 0.451. The third kappa shape index (κ3) is 3.87. The van der Waals surface area contributed by atoms with Crippen molar-refractivity contribution in [2.24, 2.45) is 0 Å². The van der Waals surface area contributed by atoms with Gasteiger partial charge in [0.2, 0.25) is 0 Å². The van der Waals surface area contributed by atoms with E-state index in [2.05, 4.69) is 0 Å². The number of hydrogen-bond acceptors (Lipinski definition) is 4. The zero-order valence-corrected chi connectivity index (χ0v) is 10.9. The van der Waals surface area contributed by atoms with Gasteiger partial charge < -0.3 is 19.8 Å². The smallest absolute Gasteiger partial charge is 0.550 e. The molecule has 0 radical (unpaired) electrons. The van der Waals surface area contributed by atoms with Crippen molar-refractivity contribution in [2.45, 2.75) is 36.8 Å². The maximum Gasteiger partial charge on any atom is 2.00 e. The Morgan fingerprint density at radius 1 is 1.00 bits per heavy atom. The SMILES string of the molecule is O=C([O-])CCC(F)C(F)(F)C(F)(F)C(F)(F)C(=O)[O-].[Mg+2]. The maximum atomic E-state index is 12.8. The molecule has 1 unspecified atom stereocenters. The number of alkyl halides is 7. The molecule has 12 heteroatoms. The Bertz CT molecular complexity index is 374. The van der Waals surface area contributed by atoms with Gasteiger partial charge in [-0.15, -0.1) is 0 Å². The standard InChI is InChI=1S/C8H7F7O4.Mg/c9-3(1-2-4(16)17)6(10,11)8(14,15)7(12,13)5(18)19;/h3H,1-2H2,(H,16,17)(H,18,19);/q;+2/p-2. The van der Waals surface area contributed by atoms with Gasteiger partial charge in [-0.2, -0.15) is 26.3 Å². The molecule has 0 aliphatic heterocycles. The first-order valence-corrected chi connectivity index (χ1v) is 4.47. The molecule has 0 rings (SSSR count). The van der Waals surface area contributed by atoms with E-state index in [9.17, 15) is 50.5 Å². The molecule has 0 spiro atoms. The second-order valence-corrected chi connectivity index (χ2v) is 3.44. The fraction of sp³-hybridized carbons (Fsp3) is 0.750. The van der Waals surface area contributed by atoms with Gasteiger partial charge in [0.1, 0.15) is 5.97 Å². The zero-order valence-electron chi connectivity index (χ0n) is 9.48. The van der Waals surface area contributed by atoms with E-state index in [0.29, 0.717) is 0 Å². The molecule has 0 amide bonds. The van der Waals surface area contributed by atoms with Gasteiger partial charge in [0, 0.05) is 5.97 Å². The molecule has 0 N–H and O–H groups in total. The predicted octanol–water partition coefficient (Wildman–Crippen LogP) is -0.870. The summed E-state index contributed by atoms with van der Waals surface area (Å²) >= 11 is 0. The molecule has 0 aromatic heterocycles. The molecule has 0 aromatic carbocycles. The molecule has 20 heavy (non-hydrogen) atoms. The van der Waals surface area contributed by atoms with E-state index in [-0.39, 0.29) is 23.1 Å². The van der Waals surface area contributed by atoms with Crippen molar-refractivity contribution in [1.29, 1.82) is 0 Å². The number of carboxylic acids is 2. The number of carbonyl (C=O) groups is 2. The van der Waals surface area contributed by atoms with Crippen LogP contribution in [0.2, 0.25) is 0 Å². The van der Waals surface area contributed by atoms with Crippen LogP contribution in [0.5, 0.6) is 0 Å². The van der Waals surface area contributed by atoms with Gasteiger partial charge in [-0.1, -0.05) is 0 Å². The summed E-state index contributed by atoms with van der Waals surface area (Å²) in [5.74, 6) is -24.9. The van der Waals surface area contributed by atoms with Gasteiger partial charge in [0.05, 0.1) is 0 Å². The molecule has 0 aromatic rings. The summed E-state index contributed by atoms with van der Waals surface area (Å²) in [7, 11) is 0.